The summed E-state index contributed by atoms with van der Waals surface area (Å²) in [5.74, 6) is 0. The normalized spacial score (nSPS) is 21.2. The average molecular weight is 367 g/mol. The van der Waals surface area contributed by atoms with Gasteiger partial charge in [-0.05, 0) is 62.8 Å². The number of amides is 2. The Balaban J connectivity index is 1.39. The Hall–Kier alpha value is -2.32. The minimum Gasteiger partial charge on any atom is -0.335 e. The monoisotopic (exact) mass is 366 g/mol. The fourth-order valence-corrected chi connectivity index (χ4v) is 3.91. The fourth-order valence-electron chi connectivity index (χ4n) is 3.91. The molecule has 1 heterocycles. The van der Waals surface area contributed by atoms with Gasteiger partial charge in [-0.2, -0.15) is 5.26 Å². The van der Waals surface area contributed by atoms with Crippen LogP contribution in [0.5, 0.6) is 0 Å². The summed E-state index contributed by atoms with van der Waals surface area (Å²) in [6, 6.07) is 9.06. The molecular weight excluding hydrogens is 336 g/mol. The number of benzene rings is 1. The molecule has 2 aliphatic rings. The summed E-state index contributed by atoms with van der Waals surface area (Å²) in [5, 5.41) is 14.8. The van der Waals surface area contributed by atoms with Gasteiger partial charge in [0.15, 0.2) is 0 Å². The molecule has 27 heavy (non-hydrogen) atoms. The zero-order valence-corrected chi connectivity index (χ0v) is 16.0. The highest BCUT2D eigenvalue weighted by Gasteiger charge is 2.21. The molecule has 144 valence electrons. The Morgan fingerprint density at radius 3 is 2.59 bits per heavy atom. The van der Waals surface area contributed by atoms with Crippen LogP contribution in [0.3, 0.4) is 0 Å². The fraction of sp³-hybridized carbons (Fsp3) is 0.545. The summed E-state index contributed by atoms with van der Waals surface area (Å²) < 4.78 is 0. The third-order valence-electron chi connectivity index (χ3n) is 5.51. The second kappa shape index (κ2) is 10.1. The van der Waals surface area contributed by atoms with Crippen molar-refractivity contribution in [2.24, 2.45) is 0 Å². The maximum absolute atomic E-state index is 12.2. The molecule has 5 heteroatoms. The standard InChI is InChI=1S/C22H30N4O/c23-16-18-8-10-20(11-9-18)24-22(27)25-21-12-14-26(15-13-21)17-19-6-4-2-1-3-5-7-19/h6,8-11,21H,1-5,7,12-15,17H2,(H2,24,25,27)/b19-6-. The first-order valence-corrected chi connectivity index (χ1v) is 10.2. The van der Waals surface area contributed by atoms with Gasteiger partial charge in [0.2, 0.25) is 0 Å². The number of carbonyl (C=O) groups excluding carboxylic acids is 1. The number of piperidine rings is 1. The number of carbonyl (C=O) groups is 1. The Bertz CT molecular complexity index is 681. The molecule has 1 aliphatic heterocycles. The predicted octanol–water partition coefficient (Wildman–Crippen LogP) is 4.42. The topological polar surface area (TPSA) is 68.2 Å². The number of allylic oxidation sites excluding steroid dienone is 1. The number of nitrogens with zero attached hydrogens (tertiary/aromatic N) is 2. The van der Waals surface area contributed by atoms with Crippen molar-refractivity contribution in [3.05, 3.63) is 41.5 Å². The van der Waals surface area contributed by atoms with Gasteiger partial charge in [-0.25, -0.2) is 4.79 Å². The van der Waals surface area contributed by atoms with Gasteiger partial charge in [0.25, 0.3) is 0 Å². The van der Waals surface area contributed by atoms with Gasteiger partial charge in [-0.3, -0.25) is 4.90 Å². The molecule has 0 atom stereocenters. The van der Waals surface area contributed by atoms with Crippen LogP contribution in [0.25, 0.3) is 0 Å². The molecule has 0 bridgehead atoms. The van der Waals surface area contributed by atoms with Gasteiger partial charge in [0.1, 0.15) is 0 Å². The predicted molar refractivity (Wildman–Crippen MR) is 109 cm³/mol. The maximum Gasteiger partial charge on any atom is 0.319 e. The van der Waals surface area contributed by atoms with Crippen LogP contribution in [0.4, 0.5) is 10.5 Å². The summed E-state index contributed by atoms with van der Waals surface area (Å²) in [5.41, 5.74) is 2.91. The summed E-state index contributed by atoms with van der Waals surface area (Å²) >= 11 is 0. The van der Waals surface area contributed by atoms with Crippen LogP contribution in [0, 0.1) is 11.3 Å². The Morgan fingerprint density at radius 1 is 1.11 bits per heavy atom. The van der Waals surface area contributed by atoms with Crippen LogP contribution >= 0.6 is 0 Å². The highest BCUT2D eigenvalue weighted by atomic mass is 16.2. The van der Waals surface area contributed by atoms with Crippen molar-refractivity contribution in [2.75, 3.05) is 25.0 Å². The number of likely N-dealkylation sites (tertiary alicyclic amines) is 1. The molecule has 1 fully saturated rings. The molecule has 3 rings (SSSR count). The van der Waals surface area contributed by atoms with Gasteiger partial charge < -0.3 is 10.6 Å². The zero-order valence-electron chi connectivity index (χ0n) is 16.0. The number of nitrogens with one attached hydrogen (secondary N) is 2. The van der Waals surface area contributed by atoms with E-state index in [1.165, 1.54) is 38.5 Å². The lowest BCUT2D eigenvalue weighted by molar-refractivity contribution is 0.205. The van der Waals surface area contributed by atoms with Gasteiger partial charge in [-0.1, -0.05) is 24.5 Å². The summed E-state index contributed by atoms with van der Waals surface area (Å²) in [6.07, 6.45) is 12.4. The van der Waals surface area contributed by atoms with Crippen molar-refractivity contribution in [3.63, 3.8) is 0 Å². The molecule has 2 amide bonds. The van der Waals surface area contributed by atoms with Crippen molar-refractivity contribution < 1.29 is 4.79 Å². The first-order chi connectivity index (χ1) is 13.2. The van der Waals surface area contributed by atoms with Crippen molar-refractivity contribution >= 4 is 11.7 Å². The van der Waals surface area contributed by atoms with E-state index in [2.05, 4.69) is 27.7 Å². The largest absolute Gasteiger partial charge is 0.335 e. The van der Waals surface area contributed by atoms with E-state index in [1.807, 2.05) is 0 Å². The molecular formula is C22H30N4O. The molecule has 0 radical (unpaired) electrons. The molecule has 5 nitrogen and oxygen atoms in total. The molecule has 1 aromatic carbocycles. The highest BCUT2D eigenvalue weighted by Crippen LogP contribution is 2.20. The lowest BCUT2D eigenvalue weighted by Crippen LogP contribution is -2.46. The van der Waals surface area contributed by atoms with E-state index in [-0.39, 0.29) is 12.1 Å². The van der Waals surface area contributed by atoms with E-state index >= 15 is 0 Å². The molecule has 1 aromatic rings. The SMILES string of the molecule is N#Cc1ccc(NC(=O)NC2CCN(C/C3=C\CCCCCC3)CC2)cc1. The van der Waals surface area contributed by atoms with E-state index in [4.69, 9.17) is 5.26 Å². The first-order valence-electron chi connectivity index (χ1n) is 10.2. The van der Waals surface area contributed by atoms with Gasteiger partial charge in [0, 0.05) is 31.4 Å². The second-order valence-electron chi connectivity index (χ2n) is 7.65. The van der Waals surface area contributed by atoms with Crippen LogP contribution in [0.15, 0.2) is 35.9 Å². The van der Waals surface area contributed by atoms with E-state index < -0.39 is 0 Å². The molecule has 0 aromatic heterocycles. The number of rotatable bonds is 4. The Labute approximate surface area is 162 Å². The number of anilines is 1. The lowest BCUT2D eigenvalue weighted by Gasteiger charge is -2.33. The minimum atomic E-state index is -0.166. The van der Waals surface area contributed by atoms with Crippen LogP contribution in [-0.4, -0.2) is 36.6 Å². The average Bonchev–Trinajstić information content (AvgIpc) is 2.66. The molecule has 0 saturated carbocycles. The van der Waals surface area contributed by atoms with E-state index in [1.54, 1.807) is 29.8 Å². The zero-order chi connectivity index (χ0) is 18.9. The Morgan fingerprint density at radius 2 is 1.85 bits per heavy atom. The molecule has 1 aliphatic carbocycles. The van der Waals surface area contributed by atoms with Crippen molar-refractivity contribution in [1.82, 2.24) is 10.2 Å². The minimum absolute atomic E-state index is 0.166. The van der Waals surface area contributed by atoms with Crippen molar-refractivity contribution in [3.8, 4) is 6.07 Å². The van der Waals surface area contributed by atoms with Crippen LogP contribution in [0.1, 0.15) is 56.9 Å². The molecule has 0 unspecified atom stereocenters. The van der Waals surface area contributed by atoms with Crippen LogP contribution < -0.4 is 10.6 Å². The lowest BCUT2D eigenvalue weighted by atomic mass is 9.98. The third kappa shape index (κ3) is 6.41. The second-order valence-corrected chi connectivity index (χ2v) is 7.65. The number of hydrogen-bond donors (Lipinski definition) is 2. The molecule has 1 saturated heterocycles. The maximum atomic E-state index is 12.2. The van der Waals surface area contributed by atoms with E-state index in [0.29, 0.717) is 11.3 Å². The Kier molecular flexibility index (Phi) is 7.29. The van der Waals surface area contributed by atoms with Gasteiger partial charge >= 0.3 is 6.03 Å². The first kappa shape index (κ1) is 19.4. The third-order valence-corrected chi connectivity index (χ3v) is 5.51. The molecule has 2 N–H and O–H groups in total. The van der Waals surface area contributed by atoms with E-state index in [9.17, 15) is 4.79 Å². The van der Waals surface area contributed by atoms with Gasteiger partial charge in [-0.15, -0.1) is 0 Å². The smallest absolute Gasteiger partial charge is 0.319 e. The van der Waals surface area contributed by atoms with Crippen LogP contribution in [0.2, 0.25) is 0 Å². The quantitative estimate of drug-likeness (QED) is 0.775. The summed E-state index contributed by atoms with van der Waals surface area (Å²) in [4.78, 5) is 14.7. The summed E-state index contributed by atoms with van der Waals surface area (Å²) in [7, 11) is 0. The van der Waals surface area contributed by atoms with E-state index in [0.717, 1.165) is 32.5 Å². The van der Waals surface area contributed by atoms with Crippen molar-refractivity contribution in [1.29, 1.82) is 5.26 Å². The number of hydrogen-bond acceptors (Lipinski definition) is 3. The molecule has 0 spiro atoms. The highest BCUT2D eigenvalue weighted by molar-refractivity contribution is 5.89. The number of urea groups is 1. The van der Waals surface area contributed by atoms with Crippen LogP contribution in [-0.2, 0) is 0 Å². The number of nitriles is 1. The summed E-state index contributed by atoms with van der Waals surface area (Å²) in [6.45, 7) is 3.18. The van der Waals surface area contributed by atoms with Gasteiger partial charge in [0.05, 0.1) is 11.6 Å². The van der Waals surface area contributed by atoms with Crippen molar-refractivity contribution in [2.45, 2.75) is 57.4 Å².